The number of ether oxygens (including phenoxy) is 17. The number of nitrogens with zero attached hydrogens (tertiary/aromatic N) is 2. The number of benzene rings is 1. The van der Waals surface area contributed by atoms with Crippen molar-refractivity contribution in [3.63, 3.8) is 0 Å². The first kappa shape index (κ1) is 81.3. The third kappa shape index (κ3) is 52.1. The van der Waals surface area contributed by atoms with E-state index in [4.69, 9.17) is 80.5 Å². The van der Waals surface area contributed by atoms with Crippen molar-refractivity contribution in [2.45, 2.75) is 52.2 Å². The standard InChI is InChI=1S/C60H105N5O23/c1-52(62-57(68)49-61-58(69)50-64(3)59(70)11-7-17-66)60(71)63-56-13-12-55(51-88-53(2)67)54(48-56)10-6-14-65(15-8-18-74-24-26-78-32-34-82-40-42-86-46-44-84-38-36-80-30-28-76-22-20-72-4)16-9-19-75-25-27-79-33-35-83-41-43-87-47-45-85-39-37-81-31-29-77-23-21-73-5/h7,11-13,17,48,52H,6,8-10,14-16,18-47,49-51H2,1-5H3,(H,61,69)(H,62,68)(H,63,71)/b11-7-. The van der Waals surface area contributed by atoms with Crippen molar-refractivity contribution >= 4 is 41.6 Å². The van der Waals surface area contributed by atoms with Gasteiger partial charge in [0.15, 0.2) is 0 Å². The van der Waals surface area contributed by atoms with E-state index in [1.165, 1.54) is 20.9 Å². The summed E-state index contributed by atoms with van der Waals surface area (Å²) >= 11 is 0. The average Bonchev–Trinajstić information content (AvgIpc) is 3.69. The summed E-state index contributed by atoms with van der Waals surface area (Å²) in [6.45, 7) is 19.0. The molecule has 508 valence electrons. The smallest absolute Gasteiger partial charge is 0.302 e. The number of esters is 1. The van der Waals surface area contributed by atoms with Crippen molar-refractivity contribution in [2.75, 3.05) is 258 Å². The highest BCUT2D eigenvalue weighted by atomic mass is 16.6. The molecule has 1 aromatic carbocycles. The predicted octanol–water partition coefficient (Wildman–Crippen LogP) is 1.06. The van der Waals surface area contributed by atoms with Gasteiger partial charge in [-0.25, -0.2) is 0 Å². The topological polar surface area (TPSA) is 302 Å². The van der Waals surface area contributed by atoms with Crippen molar-refractivity contribution in [3.8, 4) is 0 Å². The summed E-state index contributed by atoms with van der Waals surface area (Å²) in [4.78, 5) is 75.8. The number of rotatable bonds is 65. The summed E-state index contributed by atoms with van der Waals surface area (Å²) in [5, 5.41) is 7.80. The van der Waals surface area contributed by atoms with Crippen LogP contribution in [0.4, 0.5) is 5.69 Å². The minimum absolute atomic E-state index is 0.0526. The van der Waals surface area contributed by atoms with E-state index >= 15 is 0 Å². The number of carbonyl (C=O) groups is 6. The summed E-state index contributed by atoms with van der Waals surface area (Å²) in [5.74, 6) is -2.72. The van der Waals surface area contributed by atoms with Crippen molar-refractivity contribution in [1.29, 1.82) is 0 Å². The first-order valence-corrected chi connectivity index (χ1v) is 30.3. The molecule has 4 amide bonds. The summed E-state index contributed by atoms with van der Waals surface area (Å²) in [6, 6.07) is 4.35. The summed E-state index contributed by atoms with van der Waals surface area (Å²) in [7, 11) is 4.64. The molecule has 28 nitrogen and oxygen atoms in total. The van der Waals surface area contributed by atoms with E-state index in [1.807, 2.05) is 6.07 Å². The van der Waals surface area contributed by atoms with E-state index in [1.54, 1.807) is 26.4 Å². The molecule has 1 aromatic rings. The van der Waals surface area contributed by atoms with E-state index in [-0.39, 0.29) is 13.2 Å². The number of methoxy groups -OCH3 is 2. The van der Waals surface area contributed by atoms with Gasteiger partial charge in [0.05, 0.1) is 198 Å². The zero-order chi connectivity index (χ0) is 64.0. The number of hydrogen-bond donors (Lipinski definition) is 3. The summed E-state index contributed by atoms with van der Waals surface area (Å²) in [6.07, 6.45) is 5.38. The van der Waals surface area contributed by atoms with Crippen LogP contribution in [0.2, 0.25) is 0 Å². The van der Waals surface area contributed by atoms with Gasteiger partial charge in [-0.15, -0.1) is 0 Å². The first-order valence-electron chi connectivity index (χ1n) is 30.3. The number of amides is 4. The van der Waals surface area contributed by atoms with Gasteiger partial charge in [0, 0.05) is 66.3 Å². The molecular weight excluding hydrogens is 1160 g/mol. The van der Waals surface area contributed by atoms with Crippen LogP contribution in [0.5, 0.6) is 0 Å². The van der Waals surface area contributed by atoms with Gasteiger partial charge in [0.1, 0.15) is 18.9 Å². The van der Waals surface area contributed by atoms with Crippen molar-refractivity contribution in [2.24, 2.45) is 0 Å². The van der Waals surface area contributed by atoms with Gasteiger partial charge in [-0.05, 0) is 68.5 Å². The van der Waals surface area contributed by atoms with Crippen LogP contribution < -0.4 is 16.0 Å². The molecule has 1 rings (SSSR count). The minimum atomic E-state index is -0.975. The highest BCUT2D eigenvalue weighted by Gasteiger charge is 2.19. The number of aldehydes is 1. The fourth-order valence-corrected chi connectivity index (χ4v) is 7.38. The van der Waals surface area contributed by atoms with Crippen LogP contribution in [0.1, 0.15) is 44.2 Å². The Labute approximate surface area is 521 Å². The van der Waals surface area contributed by atoms with Gasteiger partial charge >= 0.3 is 5.97 Å². The monoisotopic (exact) mass is 1260 g/mol. The van der Waals surface area contributed by atoms with Crippen LogP contribution in [-0.2, 0) is 122 Å². The molecule has 0 aliphatic heterocycles. The van der Waals surface area contributed by atoms with Crippen LogP contribution in [0.3, 0.4) is 0 Å². The van der Waals surface area contributed by atoms with Crippen LogP contribution in [0.25, 0.3) is 0 Å². The first-order chi connectivity index (χ1) is 43.0. The van der Waals surface area contributed by atoms with Crippen LogP contribution >= 0.6 is 0 Å². The Hall–Kier alpha value is -4.70. The molecule has 0 saturated carbocycles. The van der Waals surface area contributed by atoms with E-state index in [0.717, 1.165) is 67.1 Å². The molecule has 0 heterocycles. The Bertz CT molecular complexity index is 1860. The van der Waals surface area contributed by atoms with Crippen molar-refractivity contribution < 1.29 is 109 Å². The SMILES string of the molecule is COCCOCCOCCOCCOCCOCCOCCOCCCN(CCCOCCOCCOCCOCCOCCOCCOCCOC)CCCc1cc(NC(=O)C(C)NC(=O)CNC(=O)CN(C)C(=O)/C=C\C=O)ccc1COC(C)=O. The molecule has 0 saturated heterocycles. The van der Waals surface area contributed by atoms with Gasteiger partial charge in [-0.3, -0.25) is 28.8 Å². The largest absolute Gasteiger partial charge is 0.461 e. The second-order valence-electron chi connectivity index (χ2n) is 19.2. The van der Waals surface area contributed by atoms with Crippen LogP contribution in [0, 0.1) is 0 Å². The number of anilines is 1. The molecule has 1 atom stereocenters. The maximum atomic E-state index is 13.2. The third-order valence-corrected chi connectivity index (χ3v) is 12.0. The molecule has 0 bridgehead atoms. The molecular formula is C60H105N5O23. The number of likely N-dealkylation sites (N-methyl/N-ethyl adjacent to an activating group) is 1. The molecule has 0 spiro atoms. The Morgan fingerprint density at radius 3 is 1.25 bits per heavy atom. The Morgan fingerprint density at radius 1 is 0.500 bits per heavy atom. The molecule has 0 radical (unpaired) electrons. The number of allylic oxidation sites excluding steroid dienone is 1. The van der Waals surface area contributed by atoms with E-state index in [0.29, 0.717) is 217 Å². The lowest BCUT2D eigenvalue weighted by atomic mass is 10.0. The lowest BCUT2D eigenvalue weighted by Gasteiger charge is -2.23. The molecule has 0 fully saturated rings. The quantitative estimate of drug-likeness (QED) is 0.0356. The maximum absolute atomic E-state index is 13.2. The highest BCUT2D eigenvalue weighted by molar-refractivity contribution is 5.98. The van der Waals surface area contributed by atoms with Gasteiger partial charge in [0.25, 0.3) is 0 Å². The lowest BCUT2D eigenvalue weighted by Crippen LogP contribution is -2.47. The van der Waals surface area contributed by atoms with E-state index in [2.05, 4.69) is 20.9 Å². The zero-order valence-electron chi connectivity index (χ0n) is 53.1. The van der Waals surface area contributed by atoms with Gasteiger partial charge < -0.3 is 106 Å². The molecule has 3 N–H and O–H groups in total. The van der Waals surface area contributed by atoms with E-state index < -0.39 is 42.2 Å². The summed E-state index contributed by atoms with van der Waals surface area (Å²) < 4.78 is 93.3. The van der Waals surface area contributed by atoms with E-state index in [9.17, 15) is 28.8 Å². The zero-order valence-corrected chi connectivity index (χ0v) is 53.1. The third-order valence-electron chi connectivity index (χ3n) is 12.0. The Balaban J connectivity index is 2.56. The Morgan fingerprint density at radius 2 is 0.875 bits per heavy atom. The number of carbonyl (C=O) groups excluding carboxylic acids is 6. The maximum Gasteiger partial charge on any atom is 0.302 e. The number of hydrogen-bond acceptors (Lipinski definition) is 24. The fraction of sp³-hybridized carbons (Fsp3) is 0.767. The second-order valence-corrected chi connectivity index (χ2v) is 19.2. The molecule has 0 aromatic heterocycles. The van der Waals surface area contributed by atoms with Crippen LogP contribution in [0.15, 0.2) is 30.4 Å². The molecule has 1 unspecified atom stereocenters. The number of nitrogens with one attached hydrogen (secondary N) is 3. The number of aryl methyl sites for hydroxylation is 1. The highest BCUT2D eigenvalue weighted by Crippen LogP contribution is 2.20. The van der Waals surface area contributed by atoms with Gasteiger partial charge in [-0.2, -0.15) is 0 Å². The molecule has 88 heavy (non-hydrogen) atoms. The lowest BCUT2D eigenvalue weighted by molar-refractivity contribution is -0.142. The predicted molar refractivity (Wildman–Crippen MR) is 323 cm³/mol. The summed E-state index contributed by atoms with van der Waals surface area (Å²) in [5.41, 5.74) is 2.14. The molecule has 0 aliphatic carbocycles. The van der Waals surface area contributed by atoms with Crippen LogP contribution in [-0.4, -0.2) is 304 Å². The molecule has 0 aliphatic rings. The molecule has 28 heteroatoms. The minimum Gasteiger partial charge on any atom is -0.461 e. The Kier molecular flexibility index (Phi) is 56.5. The van der Waals surface area contributed by atoms with Gasteiger partial charge in [-0.1, -0.05) is 6.07 Å². The van der Waals surface area contributed by atoms with Crippen molar-refractivity contribution in [3.05, 3.63) is 41.5 Å². The van der Waals surface area contributed by atoms with Crippen molar-refractivity contribution in [1.82, 2.24) is 20.4 Å². The second kappa shape index (κ2) is 61.2. The normalized spacial score (nSPS) is 11.8. The average molecular weight is 1260 g/mol. The fourth-order valence-electron chi connectivity index (χ4n) is 7.38. The van der Waals surface area contributed by atoms with Gasteiger partial charge in [0.2, 0.25) is 23.6 Å².